The van der Waals surface area contributed by atoms with E-state index in [0.29, 0.717) is 18.8 Å². The van der Waals surface area contributed by atoms with Crippen molar-refractivity contribution in [2.24, 2.45) is 5.92 Å². The smallest absolute Gasteiger partial charge is 0.121 e. The van der Waals surface area contributed by atoms with Crippen molar-refractivity contribution in [1.82, 2.24) is 21.2 Å². The first-order chi connectivity index (χ1) is 15.4. The van der Waals surface area contributed by atoms with Gasteiger partial charge in [-0.15, -0.1) is 0 Å². The minimum absolute atomic E-state index is 0.203. The van der Waals surface area contributed by atoms with Gasteiger partial charge in [0.25, 0.3) is 0 Å². The summed E-state index contributed by atoms with van der Waals surface area (Å²) in [5.41, 5.74) is 13.2. The molecule has 0 bridgehead atoms. The zero-order valence-corrected chi connectivity index (χ0v) is 21.0. The second kappa shape index (κ2) is 12.0. The van der Waals surface area contributed by atoms with Crippen molar-refractivity contribution in [3.63, 3.8) is 0 Å². The maximum Gasteiger partial charge on any atom is 0.121 e. The van der Waals surface area contributed by atoms with Gasteiger partial charge in [-0.3, -0.25) is 4.98 Å². The Bertz CT molecular complexity index is 817. The summed E-state index contributed by atoms with van der Waals surface area (Å²) in [6.45, 7) is 6.97. The summed E-state index contributed by atoms with van der Waals surface area (Å²) in [5.74, 6) is 0.640. The van der Waals surface area contributed by atoms with Gasteiger partial charge in [-0.2, -0.15) is 0 Å². The van der Waals surface area contributed by atoms with Crippen LogP contribution in [0.3, 0.4) is 0 Å². The molecule has 1 aliphatic carbocycles. The summed E-state index contributed by atoms with van der Waals surface area (Å²) < 4.78 is 13.7. The van der Waals surface area contributed by atoms with Crippen molar-refractivity contribution in [1.29, 1.82) is 0 Å². The second-order valence-electron chi connectivity index (χ2n) is 9.51. The van der Waals surface area contributed by atoms with Gasteiger partial charge >= 0.3 is 0 Å². The molecule has 32 heavy (non-hydrogen) atoms. The molecule has 4 unspecified atom stereocenters. The summed E-state index contributed by atoms with van der Waals surface area (Å²) in [6, 6.07) is 4.30. The van der Waals surface area contributed by atoms with E-state index >= 15 is 0 Å². The number of hydrogen-bond acceptors (Lipinski definition) is 4. The number of pyridine rings is 1. The highest BCUT2D eigenvalue weighted by molar-refractivity contribution is 7.18. The summed E-state index contributed by atoms with van der Waals surface area (Å²) in [4.78, 5) is 4.51. The molecule has 3 N–H and O–H groups in total. The van der Waals surface area contributed by atoms with Gasteiger partial charge in [-0.05, 0) is 87.3 Å². The number of nitrogens with one attached hydrogen (secondary N) is 3. The number of hydrogen-bond donors (Lipinski definition) is 3. The number of rotatable bonds is 12. The number of aryl methyl sites for hydroxylation is 1. The van der Waals surface area contributed by atoms with E-state index in [1.54, 1.807) is 18.1 Å². The van der Waals surface area contributed by atoms with Gasteiger partial charge in [0.2, 0.25) is 0 Å². The lowest BCUT2D eigenvalue weighted by atomic mass is 9.79. The zero-order valence-electron chi connectivity index (χ0n) is 19.9. The summed E-state index contributed by atoms with van der Waals surface area (Å²) >= 11 is 0. The average molecular weight is 459 g/mol. The molecule has 4 atom stereocenters. The number of allylic oxidation sites excluding steroid dienone is 2. The highest BCUT2D eigenvalue weighted by atomic mass is 31.0. The number of halogens is 1. The van der Waals surface area contributed by atoms with Crippen LogP contribution < -0.4 is 16.2 Å². The Morgan fingerprint density at radius 1 is 1.41 bits per heavy atom. The van der Waals surface area contributed by atoms with Crippen molar-refractivity contribution in [2.45, 2.75) is 90.1 Å². The minimum Gasteiger partial charge on any atom is -0.387 e. The van der Waals surface area contributed by atoms with E-state index in [-0.39, 0.29) is 6.04 Å². The molecule has 176 valence electrons. The fourth-order valence-corrected chi connectivity index (χ4v) is 4.47. The van der Waals surface area contributed by atoms with Crippen LogP contribution in [-0.2, 0) is 13.0 Å². The fraction of sp³-hybridized carbons (Fsp3) is 0.577. The Hall–Kier alpha value is -1.71. The first kappa shape index (κ1) is 24.9. The summed E-state index contributed by atoms with van der Waals surface area (Å²) in [7, 11) is 2.25. The number of hydrazine groups is 1. The van der Waals surface area contributed by atoms with Crippen LogP contribution in [-0.4, -0.2) is 16.4 Å². The van der Waals surface area contributed by atoms with Gasteiger partial charge in [0.1, 0.15) is 5.41 Å². The van der Waals surface area contributed by atoms with Crippen LogP contribution in [0.25, 0.3) is 0 Å². The predicted molar refractivity (Wildman–Crippen MR) is 135 cm³/mol. The van der Waals surface area contributed by atoms with E-state index in [0.717, 1.165) is 24.2 Å². The molecule has 1 aliphatic heterocycles. The Morgan fingerprint density at radius 2 is 2.22 bits per heavy atom. The SMILES string of the molecule is CCCC(C)C(C/C(=C/NCc1ccc(CCC(C)(F)P)nc1)C1C=CNN1)=C1CCC1. The fourth-order valence-electron chi connectivity index (χ4n) is 4.33. The molecule has 0 spiro atoms. The van der Waals surface area contributed by atoms with Crippen LogP contribution in [0, 0.1) is 5.92 Å². The van der Waals surface area contributed by atoms with Gasteiger partial charge in [0.15, 0.2) is 0 Å². The first-order valence-electron chi connectivity index (χ1n) is 12.1. The van der Waals surface area contributed by atoms with Crippen molar-refractivity contribution in [3.05, 3.63) is 64.8 Å². The highest BCUT2D eigenvalue weighted by Gasteiger charge is 2.23. The maximum absolute atomic E-state index is 13.7. The Morgan fingerprint density at radius 3 is 2.78 bits per heavy atom. The Balaban J connectivity index is 1.63. The largest absolute Gasteiger partial charge is 0.387 e. The molecule has 0 amide bonds. The van der Waals surface area contributed by atoms with Crippen molar-refractivity contribution < 1.29 is 4.39 Å². The van der Waals surface area contributed by atoms with Crippen molar-refractivity contribution >= 4 is 9.24 Å². The molecular weight excluding hydrogens is 418 g/mol. The highest BCUT2D eigenvalue weighted by Crippen LogP contribution is 2.37. The molecule has 0 radical (unpaired) electrons. The number of aromatic nitrogens is 1. The number of alkyl halides is 1. The average Bonchev–Trinajstić information content (AvgIpc) is 3.24. The lowest BCUT2D eigenvalue weighted by Gasteiger charge is -2.28. The third-order valence-corrected chi connectivity index (χ3v) is 6.77. The summed E-state index contributed by atoms with van der Waals surface area (Å²) in [5, 5.41) is 2.28. The minimum atomic E-state index is -1.23. The van der Waals surface area contributed by atoms with E-state index in [1.807, 2.05) is 18.5 Å². The van der Waals surface area contributed by atoms with E-state index in [9.17, 15) is 4.39 Å². The maximum atomic E-state index is 13.7. The second-order valence-corrected chi connectivity index (χ2v) is 10.7. The molecule has 0 aromatic carbocycles. The van der Waals surface area contributed by atoms with Crippen LogP contribution in [0.5, 0.6) is 0 Å². The molecule has 2 aliphatic rings. The Kier molecular flexibility index (Phi) is 9.31. The van der Waals surface area contributed by atoms with E-state index in [1.165, 1.54) is 37.7 Å². The standard InChI is InChI=1S/C26H40FN4P/c1-4-6-19(2)24(21-7-5-8-21)15-22(25-12-14-30-31-25)18-28-16-20-9-10-23(29-17-20)11-13-26(3,27)32/h9-10,12,14,17-19,25,28,30-31H,4-8,11,13,15-16,32H2,1-3H3/b22-18-. The lowest BCUT2D eigenvalue weighted by Crippen LogP contribution is -2.33. The Labute approximate surface area is 195 Å². The molecular formula is C26H40FN4P. The molecule has 6 heteroatoms. The molecule has 1 aromatic heterocycles. The van der Waals surface area contributed by atoms with Crippen LogP contribution >= 0.6 is 9.24 Å². The van der Waals surface area contributed by atoms with Gasteiger partial charge in [0.05, 0.1) is 6.04 Å². The van der Waals surface area contributed by atoms with Crippen LogP contribution in [0.1, 0.15) is 77.0 Å². The predicted octanol–water partition coefficient (Wildman–Crippen LogP) is 5.85. The lowest BCUT2D eigenvalue weighted by molar-refractivity contribution is 0.295. The molecule has 0 saturated heterocycles. The van der Waals surface area contributed by atoms with Crippen LogP contribution in [0.15, 0.2) is 53.5 Å². The van der Waals surface area contributed by atoms with Crippen LogP contribution in [0.2, 0.25) is 0 Å². The van der Waals surface area contributed by atoms with Crippen LogP contribution in [0.4, 0.5) is 4.39 Å². The molecule has 3 rings (SSSR count). The first-order valence-corrected chi connectivity index (χ1v) is 12.7. The third-order valence-electron chi connectivity index (χ3n) is 6.48. The monoisotopic (exact) mass is 458 g/mol. The molecule has 2 heterocycles. The topological polar surface area (TPSA) is 49.0 Å². The van der Waals surface area contributed by atoms with E-state index in [4.69, 9.17) is 0 Å². The van der Waals surface area contributed by atoms with Gasteiger partial charge in [0, 0.05) is 24.6 Å². The quantitative estimate of drug-likeness (QED) is 0.272. The van der Waals surface area contributed by atoms with E-state index in [2.05, 4.69) is 62.6 Å². The molecule has 1 fully saturated rings. The van der Waals surface area contributed by atoms with Gasteiger partial charge < -0.3 is 10.7 Å². The number of nitrogens with zero attached hydrogens (tertiary/aromatic N) is 1. The van der Waals surface area contributed by atoms with Crippen molar-refractivity contribution in [3.8, 4) is 0 Å². The molecule has 4 nitrogen and oxygen atoms in total. The van der Waals surface area contributed by atoms with Gasteiger partial charge in [-0.25, -0.2) is 9.82 Å². The van der Waals surface area contributed by atoms with E-state index < -0.39 is 5.41 Å². The molecule has 1 saturated carbocycles. The third kappa shape index (κ3) is 7.71. The molecule has 1 aromatic rings. The zero-order chi connectivity index (χ0) is 23.0. The summed E-state index contributed by atoms with van der Waals surface area (Å²) in [6.07, 6.45) is 16.7. The van der Waals surface area contributed by atoms with Crippen molar-refractivity contribution in [2.75, 3.05) is 0 Å². The normalized spacial score (nSPS) is 21.0. The van der Waals surface area contributed by atoms with Gasteiger partial charge in [-0.1, -0.05) is 46.7 Å².